The van der Waals surface area contributed by atoms with E-state index in [4.69, 9.17) is 0 Å². The van der Waals surface area contributed by atoms with Crippen molar-refractivity contribution in [2.45, 2.75) is 62.7 Å². The fourth-order valence-corrected chi connectivity index (χ4v) is 17.0. The minimum absolute atomic E-state index is 1.34. The molecule has 0 heterocycles. The summed E-state index contributed by atoms with van der Waals surface area (Å²) in [5, 5.41) is 0. The Balaban J connectivity index is 1.83. The molecule has 3 aromatic carbocycles. The van der Waals surface area contributed by atoms with Crippen molar-refractivity contribution in [3.8, 4) is 0 Å². The van der Waals surface area contributed by atoms with E-state index < -0.39 is 18.8 Å². The van der Waals surface area contributed by atoms with Gasteiger partial charge < -0.3 is 0 Å². The minimum atomic E-state index is -2.85. The van der Waals surface area contributed by atoms with Gasteiger partial charge in [-0.3, -0.25) is 0 Å². The van der Waals surface area contributed by atoms with E-state index in [1.165, 1.54) is 55.7 Å². The summed E-state index contributed by atoms with van der Waals surface area (Å²) in [7, 11) is 0. The van der Waals surface area contributed by atoms with E-state index in [1.54, 1.807) is 10.5 Å². The van der Waals surface area contributed by atoms with Crippen LogP contribution in [0, 0.1) is 0 Å². The average Bonchev–Trinajstić information content (AvgIpc) is 2.80. The fourth-order valence-electron chi connectivity index (χ4n) is 4.36. The van der Waals surface area contributed by atoms with E-state index in [9.17, 15) is 0 Å². The first-order valence-corrected chi connectivity index (χ1v) is 17.1. The number of rotatable bonds is 12. The number of hydrogen-bond acceptors (Lipinski definition) is 0. The molecule has 0 amide bonds. The Labute approximate surface area is 182 Å². The quantitative estimate of drug-likeness (QED) is 0.205. The fraction of sp³-hybridized carbons (Fsp3) is 0.357. The van der Waals surface area contributed by atoms with Gasteiger partial charge in [0, 0.05) is 0 Å². The maximum absolute atomic E-state index is 2.85. The summed E-state index contributed by atoms with van der Waals surface area (Å²) < 4.78 is 6.16. The van der Waals surface area contributed by atoms with Crippen LogP contribution in [-0.2, 0) is 0 Å². The summed E-state index contributed by atoms with van der Waals surface area (Å²) >= 11 is -2.85. The van der Waals surface area contributed by atoms with Crippen molar-refractivity contribution in [3.05, 3.63) is 91.0 Å². The summed E-state index contributed by atoms with van der Waals surface area (Å²) in [6.07, 6.45) is 11.1. The Morgan fingerprint density at radius 3 is 1.17 bits per heavy atom. The van der Waals surface area contributed by atoms with Crippen LogP contribution in [0.25, 0.3) is 0 Å². The maximum atomic E-state index is 2.40. The monoisotopic (exact) mass is 493 g/mol. The normalized spacial score (nSPS) is 11.5. The Hall–Kier alpha value is -1.52. The molecule has 0 aliphatic carbocycles. The molecule has 29 heavy (non-hydrogen) atoms. The summed E-state index contributed by atoms with van der Waals surface area (Å²) in [5.74, 6) is 0. The first-order valence-electron chi connectivity index (χ1n) is 11.4. The molecular weight excluding hydrogens is 458 g/mol. The zero-order valence-corrected chi connectivity index (χ0v) is 20.5. The number of benzene rings is 3. The van der Waals surface area contributed by atoms with Gasteiger partial charge in [0.1, 0.15) is 0 Å². The van der Waals surface area contributed by atoms with Gasteiger partial charge >= 0.3 is 183 Å². The molecule has 0 aromatic heterocycles. The third-order valence-corrected chi connectivity index (χ3v) is 18.9. The molecule has 0 saturated carbocycles. The van der Waals surface area contributed by atoms with Gasteiger partial charge in [0.05, 0.1) is 0 Å². The predicted octanol–water partition coefficient (Wildman–Crippen LogP) is 6.30. The van der Waals surface area contributed by atoms with Gasteiger partial charge in [-0.1, -0.05) is 0 Å². The van der Waals surface area contributed by atoms with Gasteiger partial charge in [-0.25, -0.2) is 0 Å². The van der Waals surface area contributed by atoms with Crippen molar-refractivity contribution in [1.82, 2.24) is 0 Å². The third kappa shape index (κ3) is 5.99. The second-order valence-electron chi connectivity index (χ2n) is 8.01. The molecule has 3 rings (SSSR count). The van der Waals surface area contributed by atoms with Crippen LogP contribution >= 0.6 is 0 Å². The van der Waals surface area contributed by atoms with Crippen LogP contribution in [0.2, 0.25) is 4.37 Å². The van der Waals surface area contributed by atoms with Crippen LogP contribution in [0.15, 0.2) is 91.0 Å². The van der Waals surface area contributed by atoms with Crippen LogP contribution in [0.3, 0.4) is 0 Å². The molecule has 1 heteroatoms. The van der Waals surface area contributed by atoms with Crippen molar-refractivity contribution < 1.29 is 0 Å². The van der Waals surface area contributed by atoms with Crippen molar-refractivity contribution in [1.29, 1.82) is 0 Å². The molecule has 0 saturated heterocycles. The van der Waals surface area contributed by atoms with E-state index >= 15 is 0 Å². The summed E-state index contributed by atoms with van der Waals surface area (Å²) in [6, 6.07) is 34.3. The Morgan fingerprint density at radius 2 is 0.793 bits per heavy atom. The topological polar surface area (TPSA) is 0 Å². The number of hydrogen-bond donors (Lipinski definition) is 0. The van der Waals surface area contributed by atoms with Crippen molar-refractivity contribution in [2.24, 2.45) is 0 Å². The van der Waals surface area contributed by atoms with E-state index in [0.29, 0.717) is 0 Å². The van der Waals surface area contributed by atoms with Crippen LogP contribution in [0.4, 0.5) is 0 Å². The molecule has 0 aliphatic heterocycles. The molecule has 0 atom stereocenters. The van der Waals surface area contributed by atoms with Crippen LogP contribution < -0.4 is 10.5 Å². The molecule has 0 radical (unpaired) electrons. The first-order chi connectivity index (χ1) is 14.4. The predicted molar refractivity (Wildman–Crippen MR) is 131 cm³/mol. The van der Waals surface area contributed by atoms with Crippen LogP contribution in [-0.4, -0.2) is 18.8 Å². The van der Waals surface area contributed by atoms with Crippen molar-refractivity contribution in [3.63, 3.8) is 0 Å². The molecule has 0 unspecified atom stereocenters. The average molecular weight is 494 g/mol. The summed E-state index contributed by atoms with van der Waals surface area (Å²) in [6.45, 7) is 2.29. The van der Waals surface area contributed by atoms with E-state index in [2.05, 4.69) is 97.9 Å². The van der Waals surface area contributed by atoms with Gasteiger partial charge in [-0.05, 0) is 0 Å². The molecule has 3 aromatic rings. The van der Waals surface area contributed by atoms with Gasteiger partial charge in [0.15, 0.2) is 0 Å². The summed E-state index contributed by atoms with van der Waals surface area (Å²) in [4.78, 5) is 0. The Bertz CT molecular complexity index is 699. The Kier molecular flexibility index (Phi) is 9.35. The molecule has 152 valence electrons. The second-order valence-corrected chi connectivity index (χ2v) is 18.3. The zero-order chi connectivity index (χ0) is 20.2. The molecule has 0 spiro atoms. The third-order valence-electron chi connectivity index (χ3n) is 5.94. The standard InChI is InChI=1S/C10H21.3C6H5.Sb/c1-3-5-7-9-10-8-6-4-2;3*1-2-4-6-5-3-1;/h1,3-10H2,2H3;3*1-5H;/q;;;;+1. The van der Waals surface area contributed by atoms with E-state index in [1.807, 2.05) is 0 Å². The molecule has 0 N–H and O–H groups in total. The molecule has 0 bridgehead atoms. The van der Waals surface area contributed by atoms with E-state index in [0.717, 1.165) is 0 Å². The van der Waals surface area contributed by atoms with Crippen LogP contribution in [0.1, 0.15) is 58.3 Å². The molecular formula is C28H36Sb+. The SMILES string of the molecule is CCCCCCCCC[CH2][Sb+]([c]1ccccc1)([c]1ccccc1)[c]1ccccc1. The first kappa shape index (κ1) is 22.2. The molecule has 0 nitrogen and oxygen atoms in total. The van der Waals surface area contributed by atoms with Gasteiger partial charge in [0.25, 0.3) is 0 Å². The molecule has 0 aliphatic rings. The summed E-state index contributed by atoms with van der Waals surface area (Å²) in [5.41, 5.74) is 0. The van der Waals surface area contributed by atoms with Crippen LogP contribution in [0.5, 0.6) is 0 Å². The zero-order valence-electron chi connectivity index (χ0n) is 18.0. The van der Waals surface area contributed by atoms with Gasteiger partial charge in [0.2, 0.25) is 0 Å². The van der Waals surface area contributed by atoms with E-state index in [-0.39, 0.29) is 0 Å². The number of unbranched alkanes of at least 4 members (excludes halogenated alkanes) is 7. The van der Waals surface area contributed by atoms with Gasteiger partial charge in [-0.15, -0.1) is 0 Å². The molecule has 0 fully saturated rings. The second kappa shape index (κ2) is 12.2. The van der Waals surface area contributed by atoms with Gasteiger partial charge in [-0.2, -0.15) is 0 Å². The van der Waals surface area contributed by atoms with Crippen molar-refractivity contribution >= 4 is 29.3 Å². The Morgan fingerprint density at radius 1 is 0.448 bits per heavy atom. The van der Waals surface area contributed by atoms with Crippen molar-refractivity contribution in [2.75, 3.05) is 0 Å².